The smallest absolute Gasteiger partial charge is 0.412 e. The number of halogens is 3. The Bertz CT molecular complexity index is 1120. The Balaban J connectivity index is 2.07. The van der Waals surface area contributed by atoms with E-state index in [9.17, 15) is 23.5 Å². The number of carboxylic acids is 1. The summed E-state index contributed by atoms with van der Waals surface area (Å²) in [5, 5.41) is 9.64. The van der Waals surface area contributed by atoms with Gasteiger partial charge in [0.05, 0.1) is 0 Å². The van der Waals surface area contributed by atoms with Gasteiger partial charge in [0.1, 0.15) is 29.5 Å². The van der Waals surface area contributed by atoms with Gasteiger partial charge in [-0.15, -0.1) is 0 Å². The number of hydrogen-bond acceptors (Lipinski definition) is 3. The zero-order chi connectivity index (χ0) is 23.0. The molecular weight excluding hydrogens is 423 g/mol. The zero-order valence-corrected chi connectivity index (χ0v) is 16.8. The van der Waals surface area contributed by atoms with E-state index in [1.807, 2.05) is 0 Å². The van der Waals surface area contributed by atoms with Crippen LogP contribution in [0.2, 0.25) is 0 Å². The molecule has 0 saturated carbocycles. The minimum atomic E-state index is -1.77. The molecule has 1 aliphatic rings. The van der Waals surface area contributed by atoms with E-state index in [-0.39, 0.29) is 16.7 Å². The number of carbonyl (C=O) groups excluding carboxylic acids is 1. The van der Waals surface area contributed by atoms with E-state index in [1.54, 1.807) is 6.07 Å². The van der Waals surface area contributed by atoms with Gasteiger partial charge in [0, 0.05) is 16.7 Å². The number of carbonyl (C=O) groups is 2. The second-order valence-electron chi connectivity index (χ2n) is 7.46. The van der Waals surface area contributed by atoms with E-state index in [2.05, 4.69) is 0 Å². The maximum atomic E-state index is 15.0. The third-order valence-corrected chi connectivity index (χ3v) is 5.64. The van der Waals surface area contributed by atoms with Crippen molar-refractivity contribution in [1.29, 1.82) is 0 Å². The van der Waals surface area contributed by atoms with Crippen LogP contribution in [-0.2, 0) is 15.1 Å². The highest BCUT2D eigenvalue weighted by molar-refractivity contribution is 5.82. The van der Waals surface area contributed by atoms with E-state index < -0.39 is 47.2 Å². The number of ether oxygens (including phenoxy) is 1. The Labute approximate surface area is 181 Å². The van der Waals surface area contributed by atoms with Crippen LogP contribution in [0.15, 0.2) is 72.8 Å². The van der Waals surface area contributed by atoms with Crippen LogP contribution in [0.1, 0.15) is 29.7 Å². The number of rotatable bonds is 5. The van der Waals surface area contributed by atoms with Crippen molar-refractivity contribution >= 4 is 12.1 Å². The van der Waals surface area contributed by atoms with Crippen molar-refractivity contribution in [2.75, 3.05) is 0 Å². The summed E-state index contributed by atoms with van der Waals surface area (Å²) in [5.74, 6) is -3.11. The van der Waals surface area contributed by atoms with Crippen molar-refractivity contribution in [1.82, 2.24) is 4.90 Å². The Morgan fingerprint density at radius 3 is 1.91 bits per heavy atom. The molecule has 8 heteroatoms. The van der Waals surface area contributed by atoms with Crippen molar-refractivity contribution in [2.24, 2.45) is 0 Å². The molecule has 0 aromatic heterocycles. The van der Waals surface area contributed by atoms with E-state index >= 15 is 4.39 Å². The van der Waals surface area contributed by atoms with Crippen molar-refractivity contribution < 1.29 is 32.6 Å². The number of aliphatic carboxylic acids is 1. The SMILES string of the molecule is CC(C(=O)O)N1C(=O)OC(c2ccc(F)cc2)(c2ccc(F)cc2)C1c1ccccc1F. The van der Waals surface area contributed by atoms with Crippen LogP contribution in [0, 0.1) is 17.5 Å². The van der Waals surface area contributed by atoms with Crippen molar-refractivity contribution in [2.45, 2.75) is 24.6 Å². The molecule has 2 unspecified atom stereocenters. The Morgan fingerprint density at radius 2 is 1.44 bits per heavy atom. The highest BCUT2D eigenvalue weighted by atomic mass is 19.1. The van der Waals surface area contributed by atoms with Crippen LogP contribution in [0.3, 0.4) is 0 Å². The standard InChI is InChI=1S/C24H18F3NO4/c1-14(22(29)30)28-21(19-4-2-3-5-20(19)27)24(32-23(28)31,15-6-10-17(25)11-7-15)16-8-12-18(26)13-9-16/h2-14,21H,1H3,(H,29,30). The molecule has 4 rings (SSSR count). The predicted molar refractivity (Wildman–Crippen MR) is 108 cm³/mol. The minimum absolute atomic E-state index is 0.0000926. The van der Waals surface area contributed by atoms with Gasteiger partial charge in [0.25, 0.3) is 0 Å². The average Bonchev–Trinajstić information content (AvgIpc) is 3.08. The van der Waals surface area contributed by atoms with Gasteiger partial charge in [-0.25, -0.2) is 22.8 Å². The summed E-state index contributed by atoms with van der Waals surface area (Å²) in [6.45, 7) is 1.28. The number of benzene rings is 3. The van der Waals surface area contributed by atoms with E-state index in [0.29, 0.717) is 0 Å². The molecular formula is C24H18F3NO4. The molecule has 1 heterocycles. The molecule has 164 valence electrons. The number of carboxylic acid groups (broad SMARTS) is 1. The second-order valence-corrected chi connectivity index (χ2v) is 7.46. The molecule has 1 aliphatic heterocycles. The van der Waals surface area contributed by atoms with Crippen molar-refractivity contribution in [3.63, 3.8) is 0 Å². The first kappa shape index (κ1) is 21.4. The van der Waals surface area contributed by atoms with Gasteiger partial charge in [-0.1, -0.05) is 42.5 Å². The molecule has 1 fully saturated rings. The lowest BCUT2D eigenvalue weighted by molar-refractivity contribution is -0.142. The fourth-order valence-electron chi connectivity index (χ4n) is 4.11. The van der Waals surface area contributed by atoms with Crippen LogP contribution in [0.4, 0.5) is 18.0 Å². The topological polar surface area (TPSA) is 66.8 Å². The van der Waals surface area contributed by atoms with E-state index in [0.717, 1.165) is 29.2 Å². The van der Waals surface area contributed by atoms with Gasteiger partial charge >= 0.3 is 12.1 Å². The van der Waals surface area contributed by atoms with E-state index in [4.69, 9.17) is 4.74 Å². The van der Waals surface area contributed by atoms with Crippen LogP contribution < -0.4 is 0 Å². The maximum absolute atomic E-state index is 15.0. The molecule has 0 bridgehead atoms. The second kappa shape index (κ2) is 8.03. The van der Waals surface area contributed by atoms with Crippen molar-refractivity contribution in [3.05, 3.63) is 107 Å². The number of hydrogen-bond donors (Lipinski definition) is 1. The fraction of sp³-hybridized carbons (Fsp3) is 0.167. The van der Waals surface area contributed by atoms with Gasteiger partial charge in [-0.05, 0) is 37.3 Å². The first-order valence-corrected chi connectivity index (χ1v) is 9.76. The summed E-state index contributed by atoms with van der Waals surface area (Å²) in [7, 11) is 0. The Hall–Kier alpha value is -3.81. The third kappa shape index (κ3) is 3.37. The molecule has 1 N–H and O–H groups in total. The number of nitrogens with zero attached hydrogens (tertiary/aromatic N) is 1. The highest BCUT2D eigenvalue weighted by Gasteiger charge is 2.59. The zero-order valence-electron chi connectivity index (χ0n) is 16.8. The molecule has 0 radical (unpaired) electrons. The normalized spacial score (nSPS) is 18.3. The maximum Gasteiger partial charge on any atom is 0.412 e. The van der Waals surface area contributed by atoms with Gasteiger partial charge in [-0.2, -0.15) is 0 Å². The van der Waals surface area contributed by atoms with E-state index in [1.165, 1.54) is 49.4 Å². The van der Waals surface area contributed by atoms with Crippen LogP contribution >= 0.6 is 0 Å². The summed E-state index contributed by atoms with van der Waals surface area (Å²) in [4.78, 5) is 25.8. The lowest BCUT2D eigenvalue weighted by Gasteiger charge is -2.37. The van der Waals surface area contributed by atoms with Gasteiger partial charge in [-0.3, -0.25) is 4.90 Å². The fourth-order valence-corrected chi connectivity index (χ4v) is 4.11. The molecule has 2 atom stereocenters. The molecule has 5 nitrogen and oxygen atoms in total. The largest absolute Gasteiger partial charge is 0.480 e. The third-order valence-electron chi connectivity index (χ3n) is 5.64. The average molecular weight is 441 g/mol. The lowest BCUT2D eigenvalue weighted by Crippen LogP contribution is -2.44. The quantitative estimate of drug-likeness (QED) is 0.604. The van der Waals surface area contributed by atoms with Gasteiger partial charge in [0.15, 0.2) is 5.60 Å². The van der Waals surface area contributed by atoms with Gasteiger partial charge < -0.3 is 9.84 Å². The number of cyclic esters (lactones) is 1. The Morgan fingerprint density at radius 1 is 0.938 bits per heavy atom. The lowest BCUT2D eigenvalue weighted by atomic mass is 9.76. The summed E-state index contributed by atoms with van der Waals surface area (Å²) in [6, 6.07) is 13.0. The Kier molecular flexibility index (Phi) is 5.38. The molecule has 0 aliphatic carbocycles. The highest BCUT2D eigenvalue weighted by Crippen LogP contribution is 2.53. The van der Waals surface area contributed by atoms with Crippen LogP contribution in [0.5, 0.6) is 0 Å². The minimum Gasteiger partial charge on any atom is -0.480 e. The number of amides is 1. The molecule has 1 saturated heterocycles. The summed E-state index contributed by atoms with van der Waals surface area (Å²) >= 11 is 0. The monoisotopic (exact) mass is 441 g/mol. The first-order chi connectivity index (χ1) is 15.3. The molecule has 0 spiro atoms. The summed E-state index contributed by atoms with van der Waals surface area (Å²) in [6.07, 6.45) is -0.998. The van der Waals surface area contributed by atoms with Crippen molar-refractivity contribution in [3.8, 4) is 0 Å². The first-order valence-electron chi connectivity index (χ1n) is 9.76. The molecule has 1 amide bonds. The summed E-state index contributed by atoms with van der Waals surface area (Å²) in [5.41, 5.74) is -1.23. The molecule has 3 aromatic carbocycles. The van der Waals surface area contributed by atoms with Crippen LogP contribution in [-0.4, -0.2) is 28.1 Å². The predicted octanol–water partition coefficient (Wildman–Crippen LogP) is 5.01. The molecule has 32 heavy (non-hydrogen) atoms. The van der Waals surface area contributed by atoms with Crippen LogP contribution in [0.25, 0.3) is 0 Å². The summed E-state index contributed by atoms with van der Waals surface area (Å²) < 4.78 is 48.3. The molecule has 3 aromatic rings. The van der Waals surface area contributed by atoms with Gasteiger partial charge in [0.2, 0.25) is 0 Å².